The van der Waals surface area contributed by atoms with Crippen LogP contribution >= 0.6 is 0 Å². The number of hydrogen-bond acceptors (Lipinski definition) is 6. The van der Waals surface area contributed by atoms with Gasteiger partial charge < -0.3 is 15.1 Å². The number of likely N-dealkylation sites (tertiary alicyclic amines) is 1. The topological polar surface area (TPSA) is 99.0 Å². The van der Waals surface area contributed by atoms with Crippen LogP contribution in [0.1, 0.15) is 43.5 Å². The lowest BCUT2D eigenvalue weighted by Crippen LogP contribution is -2.52. The summed E-state index contributed by atoms with van der Waals surface area (Å²) in [6.45, 7) is 9.01. The number of benzene rings is 1. The van der Waals surface area contributed by atoms with Crippen LogP contribution in [0.4, 0.5) is 11.4 Å². The normalized spacial score (nSPS) is 24.3. The zero-order valence-electron chi connectivity index (χ0n) is 19.0. The quantitative estimate of drug-likeness (QED) is 0.534. The first-order valence-corrected chi connectivity index (χ1v) is 11.6. The highest BCUT2D eigenvalue weighted by atomic mass is 16.6. The van der Waals surface area contributed by atoms with Crippen LogP contribution in [0.5, 0.6) is 0 Å². The van der Waals surface area contributed by atoms with Gasteiger partial charge in [-0.2, -0.15) is 0 Å². The van der Waals surface area contributed by atoms with Crippen LogP contribution in [-0.4, -0.2) is 78.4 Å². The molecule has 9 heteroatoms. The van der Waals surface area contributed by atoms with Gasteiger partial charge in [0.15, 0.2) is 0 Å². The summed E-state index contributed by atoms with van der Waals surface area (Å²) in [4.78, 5) is 42.4. The molecule has 2 atom stereocenters. The van der Waals surface area contributed by atoms with E-state index < -0.39 is 4.92 Å². The van der Waals surface area contributed by atoms with Gasteiger partial charge in [-0.05, 0) is 43.2 Å². The first-order chi connectivity index (χ1) is 15.3. The highest BCUT2D eigenvalue weighted by molar-refractivity contribution is 5.96. The average molecular weight is 444 g/mol. The van der Waals surface area contributed by atoms with Crippen molar-refractivity contribution in [2.24, 2.45) is 11.8 Å². The van der Waals surface area contributed by atoms with Gasteiger partial charge in [0.2, 0.25) is 5.91 Å². The zero-order chi connectivity index (χ0) is 22.8. The van der Waals surface area contributed by atoms with E-state index in [4.69, 9.17) is 0 Å². The molecule has 32 heavy (non-hydrogen) atoms. The van der Waals surface area contributed by atoms with E-state index in [0.717, 1.165) is 25.9 Å². The number of nitrogens with one attached hydrogen (secondary N) is 1. The molecule has 3 fully saturated rings. The van der Waals surface area contributed by atoms with Crippen molar-refractivity contribution in [1.29, 1.82) is 0 Å². The summed E-state index contributed by atoms with van der Waals surface area (Å²) in [5.74, 6) is 0.990. The van der Waals surface area contributed by atoms with E-state index >= 15 is 0 Å². The molecule has 3 aliphatic rings. The number of anilines is 1. The summed E-state index contributed by atoms with van der Waals surface area (Å²) in [5, 5.41) is 14.6. The third-order valence-electron chi connectivity index (χ3n) is 6.64. The second-order valence-corrected chi connectivity index (χ2v) is 9.72. The van der Waals surface area contributed by atoms with Crippen molar-refractivity contribution in [2.75, 3.05) is 50.7 Å². The standard InChI is InChI=1S/C23H33N5O4/c1-16-11-17(2)14-27(13-16)22(29)15-25-7-9-26(10-8-25)20-6-3-18(12-21(20)28(31)32)23(30)24-19-4-5-19/h3,6,12,16-17,19H,4-5,7-11,13-15H2,1-2H3,(H,24,30). The summed E-state index contributed by atoms with van der Waals surface area (Å²) >= 11 is 0. The maximum atomic E-state index is 12.8. The Morgan fingerprint density at radius 3 is 2.34 bits per heavy atom. The Bertz CT molecular complexity index is 869. The Labute approximate surface area is 188 Å². The Balaban J connectivity index is 1.35. The highest BCUT2D eigenvalue weighted by Crippen LogP contribution is 2.31. The van der Waals surface area contributed by atoms with E-state index in [0.29, 0.717) is 55.8 Å². The van der Waals surface area contributed by atoms with Gasteiger partial charge in [0.25, 0.3) is 11.6 Å². The zero-order valence-corrected chi connectivity index (χ0v) is 19.0. The predicted octanol–water partition coefficient (Wildman–Crippen LogP) is 2.11. The van der Waals surface area contributed by atoms with Crippen molar-refractivity contribution >= 4 is 23.2 Å². The van der Waals surface area contributed by atoms with Gasteiger partial charge in [-0.3, -0.25) is 24.6 Å². The van der Waals surface area contributed by atoms with E-state index in [2.05, 4.69) is 24.1 Å². The molecule has 1 saturated carbocycles. The molecule has 2 heterocycles. The molecule has 2 aliphatic heterocycles. The fourth-order valence-corrected chi connectivity index (χ4v) is 4.88. The minimum atomic E-state index is -0.419. The molecule has 0 bridgehead atoms. The fraction of sp³-hybridized carbons (Fsp3) is 0.652. The number of nitrogens with zero attached hydrogens (tertiary/aromatic N) is 4. The first-order valence-electron chi connectivity index (χ1n) is 11.6. The van der Waals surface area contributed by atoms with Crippen LogP contribution in [-0.2, 0) is 4.79 Å². The minimum Gasteiger partial charge on any atom is -0.363 e. The van der Waals surface area contributed by atoms with Crippen LogP contribution in [0.15, 0.2) is 18.2 Å². The fourth-order valence-electron chi connectivity index (χ4n) is 4.88. The third-order valence-corrected chi connectivity index (χ3v) is 6.64. The van der Waals surface area contributed by atoms with Gasteiger partial charge in [0, 0.05) is 56.9 Å². The van der Waals surface area contributed by atoms with E-state index in [1.807, 2.05) is 9.80 Å². The number of rotatable bonds is 6. The molecule has 9 nitrogen and oxygen atoms in total. The molecule has 2 amide bonds. The van der Waals surface area contributed by atoms with Crippen LogP contribution in [0.25, 0.3) is 0 Å². The SMILES string of the molecule is CC1CC(C)CN(C(=O)CN2CCN(c3ccc(C(=O)NC4CC4)cc3[N+](=O)[O-])CC2)C1. The highest BCUT2D eigenvalue weighted by Gasteiger charge is 2.30. The third kappa shape index (κ3) is 5.38. The van der Waals surface area contributed by atoms with Crippen LogP contribution < -0.4 is 10.2 Å². The van der Waals surface area contributed by atoms with Crippen molar-refractivity contribution in [3.8, 4) is 0 Å². The van der Waals surface area contributed by atoms with Gasteiger partial charge in [0.05, 0.1) is 11.5 Å². The van der Waals surface area contributed by atoms with Crippen LogP contribution in [0.2, 0.25) is 0 Å². The Morgan fingerprint density at radius 2 is 1.75 bits per heavy atom. The maximum Gasteiger partial charge on any atom is 0.293 e. The van der Waals surface area contributed by atoms with E-state index in [1.165, 1.54) is 12.5 Å². The molecular formula is C23H33N5O4. The summed E-state index contributed by atoms with van der Waals surface area (Å²) in [6.07, 6.45) is 3.10. The molecular weight excluding hydrogens is 410 g/mol. The average Bonchev–Trinajstić information content (AvgIpc) is 3.57. The van der Waals surface area contributed by atoms with Crippen molar-refractivity contribution in [3.63, 3.8) is 0 Å². The summed E-state index contributed by atoms with van der Waals surface area (Å²) < 4.78 is 0. The second kappa shape index (κ2) is 9.44. The van der Waals surface area contributed by atoms with Crippen LogP contribution in [0, 0.1) is 22.0 Å². The molecule has 0 radical (unpaired) electrons. The number of nitro groups is 1. The number of piperidine rings is 1. The smallest absolute Gasteiger partial charge is 0.293 e. The largest absolute Gasteiger partial charge is 0.363 e. The molecule has 2 saturated heterocycles. The summed E-state index contributed by atoms with van der Waals surface area (Å²) in [5.41, 5.74) is 0.804. The van der Waals surface area contributed by atoms with E-state index in [1.54, 1.807) is 12.1 Å². The summed E-state index contributed by atoms with van der Waals surface area (Å²) in [7, 11) is 0. The molecule has 1 aromatic carbocycles. The van der Waals surface area contributed by atoms with Crippen LogP contribution in [0.3, 0.4) is 0 Å². The van der Waals surface area contributed by atoms with Gasteiger partial charge in [0.1, 0.15) is 5.69 Å². The molecule has 0 aromatic heterocycles. The molecule has 1 N–H and O–H groups in total. The van der Waals surface area contributed by atoms with Crippen molar-refractivity contribution in [3.05, 3.63) is 33.9 Å². The molecule has 4 rings (SSSR count). The molecule has 2 unspecified atom stereocenters. The molecule has 0 spiro atoms. The lowest BCUT2D eigenvalue weighted by molar-refractivity contribution is -0.384. The number of piperazine rings is 1. The number of nitro benzene ring substituents is 1. The van der Waals surface area contributed by atoms with Gasteiger partial charge in [-0.1, -0.05) is 13.8 Å². The first kappa shape index (κ1) is 22.5. The van der Waals surface area contributed by atoms with E-state index in [-0.39, 0.29) is 23.5 Å². The Kier molecular flexibility index (Phi) is 6.64. The van der Waals surface area contributed by atoms with Gasteiger partial charge >= 0.3 is 0 Å². The lowest BCUT2D eigenvalue weighted by Gasteiger charge is -2.38. The maximum absolute atomic E-state index is 12.8. The summed E-state index contributed by atoms with van der Waals surface area (Å²) in [6, 6.07) is 4.92. The Hall–Kier alpha value is -2.68. The van der Waals surface area contributed by atoms with Gasteiger partial charge in [-0.25, -0.2) is 0 Å². The minimum absolute atomic E-state index is 0.0470. The Morgan fingerprint density at radius 1 is 1.09 bits per heavy atom. The van der Waals surface area contributed by atoms with Gasteiger partial charge in [-0.15, -0.1) is 0 Å². The number of carbonyl (C=O) groups excluding carboxylic acids is 2. The molecule has 1 aliphatic carbocycles. The predicted molar refractivity (Wildman–Crippen MR) is 122 cm³/mol. The molecule has 174 valence electrons. The van der Waals surface area contributed by atoms with E-state index in [9.17, 15) is 19.7 Å². The lowest BCUT2D eigenvalue weighted by atomic mass is 9.92. The monoisotopic (exact) mass is 443 g/mol. The number of carbonyl (C=O) groups is 2. The van der Waals surface area contributed by atoms with Crippen molar-refractivity contribution in [2.45, 2.75) is 39.2 Å². The number of hydrogen-bond donors (Lipinski definition) is 1. The molecule has 1 aromatic rings. The van der Waals surface area contributed by atoms with Crippen molar-refractivity contribution in [1.82, 2.24) is 15.1 Å². The second-order valence-electron chi connectivity index (χ2n) is 9.72. The number of amides is 2. The van der Waals surface area contributed by atoms with Crippen molar-refractivity contribution < 1.29 is 14.5 Å².